The Bertz CT molecular complexity index is 492. The normalized spacial score (nSPS) is 22.7. The van der Waals surface area contributed by atoms with Crippen LogP contribution in [0.15, 0.2) is 16.8 Å². The zero-order valence-corrected chi connectivity index (χ0v) is 12.4. The van der Waals surface area contributed by atoms with Gasteiger partial charge in [-0.05, 0) is 35.2 Å². The van der Waals surface area contributed by atoms with Crippen molar-refractivity contribution in [3.63, 3.8) is 0 Å². The molecular weight excluding hydrogens is 272 g/mol. The number of nitrogens with zero attached hydrogens (tertiary/aromatic N) is 1. The monoisotopic (exact) mass is 292 g/mol. The predicted octanol–water partition coefficient (Wildman–Crippen LogP) is 2.30. The summed E-state index contributed by atoms with van der Waals surface area (Å²) in [7, 11) is 0. The topological polar surface area (TPSA) is 49.4 Å². The number of carbonyl (C=O) groups excluding carboxylic acids is 2. The summed E-state index contributed by atoms with van der Waals surface area (Å²) < 4.78 is 0. The molecular formula is C15H20N2O2S. The Kier molecular flexibility index (Phi) is 3.78. The molecule has 20 heavy (non-hydrogen) atoms. The zero-order chi connectivity index (χ0) is 14.0. The van der Waals surface area contributed by atoms with Gasteiger partial charge in [0, 0.05) is 19.5 Å². The van der Waals surface area contributed by atoms with Crippen molar-refractivity contribution in [1.82, 2.24) is 10.2 Å². The summed E-state index contributed by atoms with van der Waals surface area (Å²) >= 11 is 1.64. The van der Waals surface area contributed by atoms with E-state index in [1.54, 1.807) is 11.3 Å². The highest BCUT2D eigenvalue weighted by atomic mass is 32.1. The Morgan fingerprint density at radius 3 is 2.75 bits per heavy atom. The lowest BCUT2D eigenvalue weighted by molar-refractivity contribution is -0.140. The molecule has 1 N–H and O–H groups in total. The first-order valence-corrected chi connectivity index (χ1v) is 8.25. The van der Waals surface area contributed by atoms with Gasteiger partial charge in [-0.25, -0.2) is 0 Å². The van der Waals surface area contributed by atoms with Crippen molar-refractivity contribution in [2.45, 2.75) is 50.6 Å². The summed E-state index contributed by atoms with van der Waals surface area (Å²) in [4.78, 5) is 26.7. The van der Waals surface area contributed by atoms with Gasteiger partial charge < -0.3 is 10.2 Å². The van der Waals surface area contributed by atoms with Gasteiger partial charge in [0.15, 0.2) is 0 Å². The molecule has 2 heterocycles. The SMILES string of the molecule is O=C1CCN(Cc2ccsc2)C(=O)C2(CCCCC2)N1. The molecule has 1 saturated carbocycles. The summed E-state index contributed by atoms with van der Waals surface area (Å²) in [6.45, 7) is 1.15. The van der Waals surface area contributed by atoms with Crippen molar-refractivity contribution in [2.75, 3.05) is 6.54 Å². The van der Waals surface area contributed by atoms with E-state index in [9.17, 15) is 9.59 Å². The number of hydrogen-bond donors (Lipinski definition) is 1. The van der Waals surface area contributed by atoms with Crippen LogP contribution in [0.1, 0.15) is 44.1 Å². The van der Waals surface area contributed by atoms with E-state index >= 15 is 0 Å². The number of nitrogens with one attached hydrogen (secondary N) is 1. The molecule has 0 atom stereocenters. The molecule has 1 spiro atoms. The van der Waals surface area contributed by atoms with E-state index in [0.717, 1.165) is 37.7 Å². The number of rotatable bonds is 2. The average Bonchev–Trinajstić information content (AvgIpc) is 2.93. The van der Waals surface area contributed by atoms with Crippen LogP contribution in [0.4, 0.5) is 0 Å². The Morgan fingerprint density at radius 1 is 1.25 bits per heavy atom. The third-order valence-electron chi connectivity index (χ3n) is 4.34. The van der Waals surface area contributed by atoms with Crippen LogP contribution in [0.3, 0.4) is 0 Å². The van der Waals surface area contributed by atoms with Gasteiger partial charge in [0.2, 0.25) is 11.8 Å². The summed E-state index contributed by atoms with van der Waals surface area (Å²) in [5.41, 5.74) is 0.533. The van der Waals surface area contributed by atoms with E-state index in [2.05, 4.69) is 10.7 Å². The smallest absolute Gasteiger partial charge is 0.248 e. The molecule has 1 aliphatic carbocycles. The lowest BCUT2D eigenvalue weighted by atomic mass is 9.80. The second kappa shape index (κ2) is 5.56. The third kappa shape index (κ3) is 2.59. The maximum absolute atomic E-state index is 12.9. The van der Waals surface area contributed by atoms with E-state index in [-0.39, 0.29) is 11.8 Å². The molecule has 108 valence electrons. The zero-order valence-electron chi connectivity index (χ0n) is 11.6. The lowest BCUT2D eigenvalue weighted by Crippen LogP contribution is -2.57. The largest absolute Gasteiger partial charge is 0.342 e. The van der Waals surface area contributed by atoms with Gasteiger partial charge in [0.05, 0.1) is 0 Å². The van der Waals surface area contributed by atoms with Crippen LogP contribution in [-0.4, -0.2) is 28.8 Å². The molecule has 3 rings (SSSR count). The second-order valence-electron chi connectivity index (χ2n) is 5.80. The minimum absolute atomic E-state index is 0.0214. The minimum atomic E-state index is -0.623. The van der Waals surface area contributed by atoms with E-state index in [4.69, 9.17) is 0 Å². The molecule has 4 nitrogen and oxygen atoms in total. The summed E-state index contributed by atoms with van der Waals surface area (Å²) in [5.74, 6) is 0.141. The lowest BCUT2D eigenvalue weighted by Gasteiger charge is -2.38. The van der Waals surface area contributed by atoms with Gasteiger partial charge in [0.1, 0.15) is 5.54 Å². The molecule has 2 aliphatic rings. The molecule has 0 bridgehead atoms. The molecule has 1 aromatic heterocycles. The van der Waals surface area contributed by atoms with Crippen LogP contribution < -0.4 is 5.32 Å². The number of carbonyl (C=O) groups is 2. The van der Waals surface area contributed by atoms with Crippen molar-refractivity contribution in [3.8, 4) is 0 Å². The van der Waals surface area contributed by atoms with Crippen LogP contribution in [-0.2, 0) is 16.1 Å². The van der Waals surface area contributed by atoms with E-state index in [1.165, 1.54) is 0 Å². The van der Waals surface area contributed by atoms with Crippen molar-refractivity contribution in [3.05, 3.63) is 22.4 Å². The maximum Gasteiger partial charge on any atom is 0.248 e. The van der Waals surface area contributed by atoms with Crippen LogP contribution >= 0.6 is 11.3 Å². The van der Waals surface area contributed by atoms with Gasteiger partial charge in [0.25, 0.3) is 0 Å². The quantitative estimate of drug-likeness (QED) is 0.909. The first kappa shape index (κ1) is 13.6. The minimum Gasteiger partial charge on any atom is -0.342 e. The van der Waals surface area contributed by atoms with Crippen LogP contribution in [0.2, 0.25) is 0 Å². The predicted molar refractivity (Wildman–Crippen MR) is 78.3 cm³/mol. The highest BCUT2D eigenvalue weighted by Gasteiger charge is 2.44. The molecule has 0 unspecified atom stereocenters. The molecule has 1 saturated heterocycles. The van der Waals surface area contributed by atoms with Crippen molar-refractivity contribution >= 4 is 23.2 Å². The van der Waals surface area contributed by atoms with E-state index in [0.29, 0.717) is 19.5 Å². The van der Waals surface area contributed by atoms with Crippen molar-refractivity contribution in [1.29, 1.82) is 0 Å². The highest BCUT2D eigenvalue weighted by molar-refractivity contribution is 7.07. The number of thiophene rings is 1. The molecule has 1 aliphatic heterocycles. The average molecular weight is 292 g/mol. The van der Waals surface area contributed by atoms with Crippen molar-refractivity contribution < 1.29 is 9.59 Å². The van der Waals surface area contributed by atoms with Gasteiger partial charge >= 0.3 is 0 Å². The number of amides is 2. The van der Waals surface area contributed by atoms with E-state index < -0.39 is 5.54 Å². The Morgan fingerprint density at radius 2 is 2.05 bits per heavy atom. The molecule has 0 radical (unpaired) electrons. The Labute approximate surface area is 123 Å². The standard InChI is InChI=1S/C15H20N2O2S/c18-13-4-8-17(10-12-5-9-20-11-12)14(19)15(16-13)6-2-1-3-7-15/h5,9,11H,1-4,6-8,10H2,(H,16,18). The third-order valence-corrected chi connectivity index (χ3v) is 5.08. The molecule has 2 amide bonds. The fourth-order valence-corrected chi connectivity index (χ4v) is 3.93. The summed E-state index contributed by atoms with van der Waals surface area (Å²) in [5, 5.41) is 7.12. The Balaban J connectivity index is 1.83. The molecule has 1 aromatic rings. The van der Waals surface area contributed by atoms with Gasteiger partial charge in [-0.1, -0.05) is 19.3 Å². The van der Waals surface area contributed by atoms with Crippen molar-refractivity contribution in [2.24, 2.45) is 0 Å². The van der Waals surface area contributed by atoms with Gasteiger partial charge in [-0.15, -0.1) is 0 Å². The number of hydrogen-bond acceptors (Lipinski definition) is 3. The fourth-order valence-electron chi connectivity index (χ4n) is 3.27. The second-order valence-corrected chi connectivity index (χ2v) is 6.58. The fraction of sp³-hybridized carbons (Fsp3) is 0.600. The Hall–Kier alpha value is -1.36. The molecule has 0 aromatic carbocycles. The highest BCUT2D eigenvalue weighted by Crippen LogP contribution is 2.32. The first-order chi connectivity index (χ1) is 9.70. The summed E-state index contributed by atoms with van der Waals surface area (Å²) in [6, 6.07) is 2.05. The van der Waals surface area contributed by atoms with Gasteiger partial charge in [-0.3, -0.25) is 9.59 Å². The first-order valence-electron chi connectivity index (χ1n) is 7.31. The maximum atomic E-state index is 12.9. The summed E-state index contributed by atoms with van der Waals surface area (Å²) in [6.07, 6.45) is 5.21. The van der Waals surface area contributed by atoms with Crippen LogP contribution in [0, 0.1) is 0 Å². The van der Waals surface area contributed by atoms with Gasteiger partial charge in [-0.2, -0.15) is 11.3 Å². The molecule has 5 heteroatoms. The molecule has 2 fully saturated rings. The van der Waals surface area contributed by atoms with Crippen LogP contribution in [0.25, 0.3) is 0 Å². The van der Waals surface area contributed by atoms with Crippen LogP contribution in [0.5, 0.6) is 0 Å². The van der Waals surface area contributed by atoms with E-state index in [1.807, 2.05) is 16.3 Å².